The number of carbonyl (C=O) groups excluding carboxylic acids is 12. The first-order valence-electron chi connectivity index (χ1n) is 33.4. The molecule has 0 aliphatic heterocycles. The van der Waals surface area contributed by atoms with E-state index in [1.165, 1.54) is 11.8 Å². The monoisotopic (exact) mass is 1490 g/mol. The summed E-state index contributed by atoms with van der Waals surface area (Å²) < 4.78 is 0. The number of amides is 12. The third kappa shape index (κ3) is 29.1. The fraction of sp³-hybridized carbons (Fsp3) is 0.507. The Bertz CT molecular complexity index is 3470. The second-order valence-corrected chi connectivity index (χ2v) is 26.2. The highest BCUT2D eigenvalue weighted by Gasteiger charge is 2.39. The lowest BCUT2D eigenvalue weighted by Gasteiger charge is -2.29. The molecular formula is C67H98N16O17S3. The number of aromatic nitrogens is 1. The predicted molar refractivity (Wildman–Crippen MR) is 390 cm³/mol. The van der Waals surface area contributed by atoms with E-state index in [1.54, 1.807) is 97.4 Å². The number of aliphatic hydroxyl groups excluding tert-OH is 3. The number of carboxylic acid groups (broad SMARTS) is 1. The van der Waals surface area contributed by atoms with E-state index in [-0.39, 0.29) is 75.3 Å². The van der Waals surface area contributed by atoms with Crippen LogP contribution < -0.4 is 81.4 Å². The molecule has 14 atom stereocenters. The number of aliphatic hydroxyl groups is 3. The Labute approximate surface area is 611 Å². The van der Waals surface area contributed by atoms with E-state index < -0.39 is 175 Å². The van der Waals surface area contributed by atoms with Crippen LogP contribution in [0.3, 0.4) is 0 Å². The van der Waals surface area contributed by atoms with Gasteiger partial charge in [-0.3, -0.25) is 57.5 Å². The molecule has 36 heteroatoms. The highest BCUT2D eigenvalue weighted by molar-refractivity contribution is 7.98. The number of carbonyl (C=O) groups is 13. The summed E-state index contributed by atoms with van der Waals surface area (Å²) in [5.74, 6) is -13.7. The van der Waals surface area contributed by atoms with Gasteiger partial charge in [0.25, 0.3) is 0 Å². The van der Waals surface area contributed by atoms with E-state index in [4.69, 9.17) is 22.9 Å². The van der Waals surface area contributed by atoms with Gasteiger partial charge in [-0.05, 0) is 107 Å². The number of H-pyrrole nitrogens is 1. The maximum absolute atomic E-state index is 15.2. The van der Waals surface area contributed by atoms with Gasteiger partial charge in [0.15, 0.2) is 0 Å². The number of fused-ring (bicyclic) bond motifs is 1. The molecule has 1 heterocycles. The first-order valence-corrected chi connectivity index (χ1v) is 36.1. The number of rotatable bonds is 47. The number of thioether (sulfide) groups is 1. The Morgan fingerprint density at radius 1 is 0.466 bits per heavy atom. The SMILES string of the molecule is CSCC[C@H](NC(=O)[C@@H](NC(=O)[C@H](CCCCN)NC(=O)[C@@H](Cc1c[nH]c2ccccc12)NC(=O)[C@H](Cc1ccccc1)NC(=O)[C@H](Cc1ccccc1)NC(=O)[C@H](CC(N)=O)NC(=O)[C@H](CCCCN)NC(=O)[C@@H](N)CS)[C@@H](C)O)C(=O)N[C@H](C(=O)N[C@@H](CO)C(=O)N[C@@H](CS)C(=O)O)[C@@H](C)O. The number of carboxylic acids is 1. The minimum absolute atomic E-state index is 0.0520. The molecule has 1 aromatic heterocycles. The Morgan fingerprint density at radius 2 is 0.845 bits per heavy atom. The molecule has 4 aromatic rings. The number of nitrogens with one attached hydrogen (secondary N) is 12. The maximum Gasteiger partial charge on any atom is 0.327 e. The standard InChI is InChI=1S/C67H98N16O17S3/c1-36(85)54(65(97)75-46(24-27-103-3)59(91)83-55(37(2)86)66(98)80-51(33-84)64(96)81-52(35-102)67(99)100)82-58(90)45(23-13-15-26-69)74-62(94)49(30-40-32-72-43-21-11-10-20-41(40)43)78-61(93)48(29-39-18-8-5-9-19-39)76-60(92)47(28-38-16-6-4-7-17-38)77-63(95)50(31-53(71)87)79-57(89)44(22-12-14-25-68)73-56(88)42(70)34-101/h4-11,16-21,32,36-37,42,44-52,54-55,72,84-86,101-102H,12-15,22-31,33-35,68-70H2,1-3H3,(H2,71,87)(H,73,88)(H,74,94)(H,75,97)(H,76,92)(H,77,95)(H,78,93)(H,79,89)(H,80,98)(H,81,96)(H,82,90)(H,83,91)(H,99,100)/t36-,37-,42+,44+,45+,46+,47+,48+,49-,50+,51+,52+,54+,55+/m1/s1. The van der Waals surface area contributed by atoms with Gasteiger partial charge in [-0.25, -0.2) is 4.79 Å². The van der Waals surface area contributed by atoms with Gasteiger partial charge in [0.05, 0.1) is 31.3 Å². The van der Waals surface area contributed by atoms with Crippen molar-refractivity contribution in [2.45, 2.75) is 169 Å². The molecule has 566 valence electrons. The normalized spacial score (nSPS) is 15.3. The number of primary amides is 1. The molecule has 0 aliphatic carbocycles. The zero-order chi connectivity index (χ0) is 76.3. The zero-order valence-corrected chi connectivity index (χ0v) is 60.1. The largest absolute Gasteiger partial charge is 0.480 e. The maximum atomic E-state index is 15.2. The van der Waals surface area contributed by atoms with Crippen molar-refractivity contribution in [3.8, 4) is 0 Å². The van der Waals surface area contributed by atoms with Crippen LogP contribution >= 0.6 is 37.0 Å². The summed E-state index contributed by atoms with van der Waals surface area (Å²) in [4.78, 5) is 183. The molecule has 103 heavy (non-hydrogen) atoms. The van der Waals surface area contributed by atoms with Gasteiger partial charge in [0.2, 0.25) is 70.9 Å². The van der Waals surface area contributed by atoms with Crippen LogP contribution in [-0.2, 0) is 81.6 Å². The lowest BCUT2D eigenvalue weighted by Crippen LogP contribution is -2.63. The molecule has 0 saturated carbocycles. The van der Waals surface area contributed by atoms with Crippen molar-refractivity contribution < 1.29 is 82.8 Å². The van der Waals surface area contributed by atoms with Crippen molar-refractivity contribution in [2.24, 2.45) is 22.9 Å². The summed E-state index contributed by atoms with van der Waals surface area (Å²) in [7, 11) is 0. The molecule has 0 aliphatic rings. The number of nitrogens with two attached hydrogens (primary N) is 4. The summed E-state index contributed by atoms with van der Waals surface area (Å²) in [5, 5.41) is 69.2. The number of unbranched alkanes of at least 4 members (excludes halogenated alkanes) is 2. The van der Waals surface area contributed by atoms with Crippen molar-refractivity contribution in [1.29, 1.82) is 0 Å². The highest BCUT2D eigenvalue weighted by Crippen LogP contribution is 2.21. The minimum Gasteiger partial charge on any atom is -0.480 e. The Hall–Kier alpha value is -8.88. The topological polar surface area (TPSA) is 555 Å². The first-order chi connectivity index (χ1) is 49.1. The Morgan fingerprint density at radius 3 is 1.28 bits per heavy atom. The van der Waals surface area contributed by atoms with E-state index >= 15 is 9.59 Å². The summed E-state index contributed by atoms with van der Waals surface area (Å²) in [6.07, 6.45) is -0.378. The van der Waals surface area contributed by atoms with Gasteiger partial charge in [-0.2, -0.15) is 37.0 Å². The lowest BCUT2D eigenvalue weighted by atomic mass is 10.00. The van der Waals surface area contributed by atoms with Crippen molar-refractivity contribution in [3.63, 3.8) is 0 Å². The number of hydrogen-bond donors (Lipinski definition) is 22. The molecular weight excluding hydrogens is 1400 g/mol. The van der Waals surface area contributed by atoms with Crippen LogP contribution in [0.15, 0.2) is 91.1 Å². The van der Waals surface area contributed by atoms with Gasteiger partial charge < -0.3 is 107 Å². The molecule has 4 rings (SSSR count). The fourth-order valence-electron chi connectivity index (χ4n) is 10.5. The van der Waals surface area contributed by atoms with E-state index in [2.05, 4.69) is 88.7 Å². The molecule has 24 N–H and O–H groups in total. The van der Waals surface area contributed by atoms with Crippen LogP contribution in [0.1, 0.15) is 81.9 Å². The molecule has 33 nitrogen and oxygen atoms in total. The molecule has 0 spiro atoms. The Balaban J connectivity index is 1.70. The molecule has 0 saturated heterocycles. The lowest BCUT2D eigenvalue weighted by molar-refractivity contribution is -0.142. The Kier molecular flexibility index (Phi) is 38.0. The van der Waals surface area contributed by atoms with Crippen LogP contribution in [0.5, 0.6) is 0 Å². The summed E-state index contributed by atoms with van der Waals surface area (Å²) in [5.41, 5.74) is 25.3. The van der Waals surface area contributed by atoms with Crippen molar-refractivity contribution in [1.82, 2.24) is 63.5 Å². The van der Waals surface area contributed by atoms with Gasteiger partial charge in [-0.1, -0.05) is 78.9 Å². The second-order valence-electron chi connectivity index (χ2n) is 24.5. The number of para-hydroxylation sites is 1. The number of aliphatic carboxylic acids is 1. The quantitative estimate of drug-likeness (QED) is 0.0146. The minimum atomic E-state index is -1.85. The molecule has 3 aromatic carbocycles. The summed E-state index contributed by atoms with van der Waals surface area (Å²) in [6.45, 7) is 1.65. The number of aromatic amines is 1. The summed E-state index contributed by atoms with van der Waals surface area (Å²) in [6, 6.07) is 5.10. The van der Waals surface area contributed by atoms with E-state index in [1.807, 2.05) is 0 Å². The third-order valence-corrected chi connectivity index (χ3v) is 17.7. The zero-order valence-electron chi connectivity index (χ0n) is 57.5. The molecule has 0 fully saturated rings. The average Bonchev–Trinajstić information content (AvgIpc) is 1.78. The van der Waals surface area contributed by atoms with E-state index in [0.29, 0.717) is 46.9 Å². The predicted octanol–water partition coefficient (Wildman–Crippen LogP) is -4.56. The molecule has 0 radical (unpaired) electrons. The number of benzene rings is 3. The van der Waals surface area contributed by atoms with Gasteiger partial charge >= 0.3 is 5.97 Å². The number of hydrogen-bond acceptors (Lipinski definition) is 22. The smallest absolute Gasteiger partial charge is 0.327 e. The third-order valence-electron chi connectivity index (χ3n) is 16.3. The first kappa shape index (κ1) is 86.5. The van der Waals surface area contributed by atoms with Crippen LogP contribution in [0, 0.1) is 0 Å². The van der Waals surface area contributed by atoms with Crippen LogP contribution in [0.2, 0.25) is 0 Å². The number of thiol groups is 2. The van der Waals surface area contributed by atoms with Crippen LogP contribution in [0.4, 0.5) is 0 Å². The summed E-state index contributed by atoms with van der Waals surface area (Å²) >= 11 is 9.20. The van der Waals surface area contributed by atoms with Crippen molar-refractivity contribution in [2.75, 3.05) is 43.2 Å². The van der Waals surface area contributed by atoms with E-state index in [0.717, 1.165) is 13.8 Å². The second kappa shape index (κ2) is 45.3. The van der Waals surface area contributed by atoms with Crippen LogP contribution in [0.25, 0.3) is 10.9 Å². The fourth-order valence-corrected chi connectivity index (χ4v) is 11.4. The highest BCUT2D eigenvalue weighted by atomic mass is 32.2. The van der Waals surface area contributed by atoms with Crippen LogP contribution in [-0.4, -0.2) is 230 Å². The van der Waals surface area contributed by atoms with Crippen molar-refractivity contribution in [3.05, 3.63) is 108 Å². The van der Waals surface area contributed by atoms with Crippen molar-refractivity contribution >= 4 is 125 Å². The molecule has 0 bridgehead atoms. The average molecular weight is 1500 g/mol. The van der Waals surface area contributed by atoms with Gasteiger partial charge in [0, 0.05) is 47.9 Å². The van der Waals surface area contributed by atoms with Gasteiger partial charge in [-0.15, -0.1) is 0 Å². The van der Waals surface area contributed by atoms with E-state index in [9.17, 15) is 73.2 Å². The van der Waals surface area contributed by atoms with Gasteiger partial charge in [0.1, 0.15) is 66.5 Å². The molecule has 0 unspecified atom stereocenters. The molecule has 12 amide bonds.